The van der Waals surface area contributed by atoms with E-state index in [-0.39, 0.29) is 17.2 Å². The van der Waals surface area contributed by atoms with E-state index in [4.69, 9.17) is 0 Å². The molecule has 0 spiro atoms. The molecule has 1 amide bonds. The average Bonchev–Trinajstić information content (AvgIpc) is 2.64. The number of hydrogen-bond acceptors (Lipinski definition) is 4. The number of nitrogens with zero attached hydrogens (tertiary/aromatic N) is 1. The van der Waals surface area contributed by atoms with Crippen molar-refractivity contribution in [1.82, 2.24) is 4.98 Å². The Morgan fingerprint density at radius 1 is 1.44 bits per heavy atom. The van der Waals surface area contributed by atoms with Crippen LogP contribution >= 0.6 is 11.3 Å². The van der Waals surface area contributed by atoms with Crippen molar-refractivity contribution in [2.24, 2.45) is 0 Å². The van der Waals surface area contributed by atoms with E-state index >= 15 is 0 Å². The standard InChI is InChI=1S/C11H10N2O2S/c1-7-6-12-11(16-7)13-10(15)8-4-2-3-5-9(8)14/h2-6,14H,1H3,(H,12,13,15). The zero-order chi connectivity index (χ0) is 11.5. The molecule has 2 rings (SSSR count). The van der Waals surface area contributed by atoms with Crippen LogP contribution in [0.5, 0.6) is 5.75 Å². The van der Waals surface area contributed by atoms with Crippen molar-refractivity contribution < 1.29 is 9.90 Å². The molecule has 0 aliphatic carbocycles. The summed E-state index contributed by atoms with van der Waals surface area (Å²) in [7, 11) is 0. The van der Waals surface area contributed by atoms with E-state index < -0.39 is 0 Å². The van der Waals surface area contributed by atoms with Crippen LogP contribution in [0.3, 0.4) is 0 Å². The number of aromatic nitrogens is 1. The van der Waals surface area contributed by atoms with Crippen LogP contribution in [0.1, 0.15) is 15.2 Å². The maximum absolute atomic E-state index is 11.7. The van der Waals surface area contributed by atoms with Gasteiger partial charge in [0.25, 0.3) is 5.91 Å². The first-order valence-electron chi connectivity index (χ1n) is 4.68. The SMILES string of the molecule is Cc1cnc(NC(=O)c2ccccc2O)s1. The lowest BCUT2D eigenvalue weighted by molar-refractivity contribution is 0.102. The normalized spacial score (nSPS) is 10.1. The summed E-state index contributed by atoms with van der Waals surface area (Å²) < 4.78 is 0. The first kappa shape index (κ1) is 10.6. The van der Waals surface area contributed by atoms with Gasteiger partial charge in [-0.2, -0.15) is 0 Å². The fourth-order valence-electron chi connectivity index (χ4n) is 1.24. The monoisotopic (exact) mass is 234 g/mol. The Bertz CT molecular complexity index is 522. The molecule has 0 saturated carbocycles. The van der Waals surface area contributed by atoms with Gasteiger partial charge >= 0.3 is 0 Å². The molecule has 82 valence electrons. The summed E-state index contributed by atoms with van der Waals surface area (Å²) in [4.78, 5) is 16.8. The Hall–Kier alpha value is -1.88. The van der Waals surface area contributed by atoms with Gasteiger partial charge in [-0.15, -0.1) is 11.3 Å². The van der Waals surface area contributed by atoms with Gasteiger partial charge in [-0.1, -0.05) is 12.1 Å². The highest BCUT2D eigenvalue weighted by molar-refractivity contribution is 7.15. The molecular formula is C11H10N2O2S. The van der Waals surface area contributed by atoms with Crippen molar-refractivity contribution in [3.63, 3.8) is 0 Å². The van der Waals surface area contributed by atoms with Crippen LogP contribution in [0.15, 0.2) is 30.5 Å². The van der Waals surface area contributed by atoms with Crippen LogP contribution in [0.4, 0.5) is 5.13 Å². The number of hydrogen-bond donors (Lipinski definition) is 2. The lowest BCUT2D eigenvalue weighted by Gasteiger charge is -2.03. The number of aryl methyl sites for hydroxylation is 1. The Labute approximate surface area is 96.6 Å². The molecule has 0 fully saturated rings. The third-order valence-electron chi connectivity index (χ3n) is 1.99. The van der Waals surface area contributed by atoms with Crippen molar-refractivity contribution in [2.75, 3.05) is 5.32 Å². The second kappa shape index (κ2) is 4.32. The van der Waals surface area contributed by atoms with Gasteiger partial charge in [0, 0.05) is 11.1 Å². The molecule has 2 aromatic rings. The van der Waals surface area contributed by atoms with E-state index in [1.54, 1.807) is 24.4 Å². The Morgan fingerprint density at radius 2 is 2.19 bits per heavy atom. The lowest BCUT2D eigenvalue weighted by atomic mass is 10.2. The number of benzene rings is 1. The minimum absolute atomic E-state index is 0.0340. The van der Waals surface area contributed by atoms with E-state index in [0.717, 1.165) is 4.88 Å². The largest absolute Gasteiger partial charge is 0.507 e. The molecule has 1 heterocycles. The number of carbonyl (C=O) groups excluding carboxylic acids is 1. The van der Waals surface area contributed by atoms with Crippen molar-refractivity contribution in [3.05, 3.63) is 40.9 Å². The summed E-state index contributed by atoms with van der Waals surface area (Å²) >= 11 is 1.39. The summed E-state index contributed by atoms with van der Waals surface area (Å²) in [5, 5.41) is 12.6. The number of aromatic hydroxyl groups is 1. The molecule has 1 aromatic carbocycles. The van der Waals surface area contributed by atoms with Crippen molar-refractivity contribution in [3.8, 4) is 5.75 Å². The molecular weight excluding hydrogens is 224 g/mol. The summed E-state index contributed by atoms with van der Waals surface area (Å²) in [6.07, 6.45) is 1.69. The summed E-state index contributed by atoms with van der Waals surface area (Å²) in [5.74, 6) is -0.388. The number of phenolic OH excluding ortho intramolecular Hbond substituents is 1. The lowest BCUT2D eigenvalue weighted by Crippen LogP contribution is -2.11. The van der Waals surface area contributed by atoms with E-state index in [9.17, 15) is 9.90 Å². The highest BCUT2D eigenvalue weighted by atomic mass is 32.1. The Kier molecular flexibility index (Phi) is 2.87. The summed E-state index contributed by atoms with van der Waals surface area (Å²) in [6, 6.07) is 6.40. The van der Waals surface area contributed by atoms with E-state index in [1.807, 2.05) is 6.92 Å². The van der Waals surface area contributed by atoms with Crippen LogP contribution in [-0.2, 0) is 0 Å². The smallest absolute Gasteiger partial charge is 0.261 e. The quantitative estimate of drug-likeness (QED) is 0.838. The van der Waals surface area contributed by atoms with E-state index in [2.05, 4.69) is 10.3 Å². The van der Waals surface area contributed by atoms with Gasteiger partial charge < -0.3 is 5.11 Å². The first-order valence-corrected chi connectivity index (χ1v) is 5.50. The maximum atomic E-state index is 11.7. The zero-order valence-corrected chi connectivity index (χ0v) is 9.41. The van der Waals surface area contributed by atoms with Crippen LogP contribution in [0, 0.1) is 6.92 Å². The molecule has 0 saturated heterocycles. The third kappa shape index (κ3) is 2.20. The van der Waals surface area contributed by atoms with Gasteiger partial charge in [0.05, 0.1) is 5.56 Å². The minimum atomic E-state index is -0.354. The average molecular weight is 234 g/mol. The second-order valence-electron chi connectivity index (χ2n) is 3.25. The van der Waals surface area contributed by atoms with Gasteiger partial charge in [-0.05, 0) is 19.1 Å². The zero-order valence-electron chi connectivity index (χ0n) is 8.60. The highest BCUT2D eigenvalue weighted by Crippen LogP contribution is 2.20. The highest BCUT2D eigenvalue weighted by Gasteiger charge is 2.11. The number of anilines is 1. The number of carbonyl (C=O) groups is 1. The molecule has 0 aliphatic heterocycles. The molecule has 0 bridgehead atoms. The van der Waals surface area contributed by atoms with Gasteiger partial charge in [-0.25, -0.2) is 4.98 Å². The fraction of sp³-hybridized carbons (Fsp3) is 0.0909. The molecule has 4 nitrogen and oxygen atoms in total. The van der Waals surface area contributed by atoms with Gasteiger partial charge in [0.2, 0.25) is 0 Å². The van der Waals surface area contributed by atoms with Crippen LogP contribution in [0.25, 0.3) is 0 Å². The molecule has 0 atom stereocenters. The molecule has 0 aliphatic rings. The Balaban J connectivity index is 2.18. The van der Waals surface area contributed by atoms with Crippen molar-refractivity contribution in [1.29, 1.82) is 0 Å². The molecule has 0 radical (unpaired) electrons. The molecule has 16 heavy (non-hydrogen) atoms. The minimum Gasteiger partial charge on any atom is -0.507 e. The second-order valence-corrected chi connectivity index (χ2v) is 4.48. The van der Waals surface area contributed by atoms with Crippen molar-refractivity contribution >= 4 is 22.4 Å². The molecule has 5 heteroatoms. The van der Waals surface area contributed by atoms with Gasteiger partial charge in [-0.3, -0.25) is 10.1 Å². The van der Waals surface area contributed by atoms with Crippen LogP contribution in [-0.4, -0.2) is 16.0 Å². The number of thiazole rings is 1. The summed E-state index contributed by atoms with van der Waals surface area (Å²) in [5.41, 5.74) is 0.246. The third-order valence-corrected chi connectivity index (χ3v) is 2.82. The predicted molar refractivity (Wildman–Crippen MR) is 62.9 cm³/mol. The van der Waals surface area contributed by atoms with Crippen LogP contribution in [0.2, 0.25) is 0 Å². The fourth-order valence-corrected chi connectivity index (χ4v) is 1.90. The Morgan fingerprint density at radius 3 is 2.81 bits per heavy atom. The molecule has 0 unspecified atom stereocenters. The maximum Gasteiger partial charge on any atom is 0.261 e. The van der Waals surface area contributed by atoms with Crippen molar-refractivity contribution in [2.45, 2.75) is 6.92 Å². The van der Waals surface area contributed by atoms with E-state index in [1.165, 1.54) is 17.4 Å². The topological polar surface area (TPSA) is 62.2 Å². The first-order chi connectivity index (χ1) is 7.66. The van der Waals surface area contributed by atoms with Gasteiger partial charge in [0.15, 0.2) is 5.13 Å². The number of rotatable bonds is 2. The van der Waals surface area contributed by atoms with E-state index in [0.29, 0.717) is 5.13 Å². The number of phenols is 1. The number of nitrogens with one attached hydrogen (secondary N) is 1. The molecule has 2 N–H and O–H groups in total. The predicted octanol–water partition coefficient (Wildman–Crippen LogP) is 2.41. The molecule has 1 aromatic heterocycles. The summed E-state index contributed by atoms with van der Waals surface area (Å²) in [6.45, 7) is 1.91. The van der Waals surface area contributed by atoms with Gasteiger partial charge in [0.1, 0.15) is 5.75 Å². The number of amides is 1. The number of para-hydroxylation sites is 1. The van der Waals surface area contributed by atoms with Crippen LogP contribution < -0.4 is 5.32 Å².